The lowest BCUT2D eigenvalue weighted by atomic mass is 9.97. The molecule has 6 heteroatoms. The van der Waals surface area contributed by atoms with Crippen molar-refractivity contribution >= 4 is 58.2 Å². The fourth-order valence-electron chi connectivity index (χ4n) is 5.11. The molecule has 0 aliphatic heterocycles. The summed E-state index contributed by atoms with van der Waals surface area (Å²) >= 11 is 8.00. The Morgan fingerprint density at radius 1 is 1.02 bits per heavy atom. The number of carbonyl (C=O) groups is 2. The van der Waals surface area contributed by atoms with E-state index in [0.717, 1.165) is 64.7 Å². The standard InChI is InChI=1S/C34H32ClNO3S/c1-23(37)30-8-3-2-6-25(30)12-16-32(40-22-34(17-18-34)21-33(38)39)27-7-4-5-24(19-27)9-14-29-15-11-26-10-13-28(35)20-31(26)36-29/h2-11,13-15,19-20,32H,12,16-18,21-22H2,1H3,(H,38,39). The van der Waals surface area contributed by atoms with Crippen molar-refractivity contribution in [2.24, 2.45) is 5.41 Å². The highest BCUT2D eigenvalue weighted by Crippen LogP contribution is 2.53. The zero-order valence-electron chi connectivity index (χ0n) is 22.5. The lowest BCUT2D eigenvalue weighted by Crippen LogP contribution is -2.12. The summed E-state index contributed by atoms with van der Waals surface area (Å²) in [4.78, 5) is 28.4. The lowest BCUT2D eigenvalue weighted by molar-refractivity contribution is -0.138. The molecule has 3 aromatic carbocycles. The van der Waals surface area contributed by atoms with Crippen LogP contribution in [-0.4, -0.2) is 27.6 Å². The van der Waals surface area contributed by atoms with Gasteiger partial charge in [-0.05, 0) is 79.0 Å². The summed E-state index contributed by atoms with van der Waals surface area (Å²) in [6.45, 7) is 1.61. The topological polar surface area (TPSA) is 67.3 Å². The number of Topliss-reactive ketones (excluding diaryl/α,β-unsaturated/α-hetero) is 1. The third kappa shape index (κ3) is 7.21. The number of halogens is 1. The number of thioether (sulfide) groups is 1. The average Bonchev–Trinajstić information content (AvgIpc) is 3.70. The molecule has 4 nitrogen and oxygen atoms in total. The van der Waals surface area contributed by atoms with Gasteiger partial charge in [0.1, 0.15) is 0 Å². The minimum absolute atomic E-state index is 0.0786. The normalized spacial score (nSPS) is 14.8. The van der Waals surface area contributed by atoms with Crippen LogP contribution in [0.1, 0.15) is 70.6 Å². The summed E-state index contributed by atoms with van der Waals surface area (Å²) < 4.78 is 0. The molecule has 5 rings (SSSR count). The van der Waals surface area contributed by atoms with Crippen LogP contribution in [0.15, 0.2) is 78.9 Å². The van der Waals surface area contributed by atoms with Crippen molar-refractivity contribution in [1.82, 2.24) is 4.98 Å². The zero-order chi connectivity index (χ0) is 28.1. The van der Waals surface area contributed by atoms with Gasteiger partial charge in [0.2, 0.25) is 0 Å². The Hall–Kier alpha value is -3.41. The summed E-state index contributed by atoms with van der Waals surface area (Å²) in [5.41, 5.74) is 5.75. The minimum atomic E-state index is -0.721. The quantitative estimate of drug-likeness (QED) is 0.172. The second-order valence-corrected chi connectivity index (χ2v) is 12.3. The second kappa shape index (κ2) is 12.4. The molecule has 0 saturated heterocycles. The number of carboxylic acid groups (broad SMARTS) is 1. The highest BCUT2D eigenvalue weighted by atomic mass is 35.5. The first kappa shape index (κ1) is 28.1. The summed E-state index contributed by atoms with van der Waals surface area (Å²) in [5.74, 6) is 0.179. The fraction of sp³-hybridized carbons (Fsp3) is 0.265. The van der Waals surface area contributed by atoms with Crippen LogP contribution in [0.2, 0.25) is 5.02 Å². The van der Waals surface area contributed by atoms with E-state index >= 15 is 0 Å². The maximum atomic E-state index is 12.2. The van der Waals surface area contributed by atoms with E-state index in [9.17, 15) is 14.7 Å². The number of fused-ring (bicyclic) bond motifs is 1. The van der Waals surface area contributed by atoms with Gasteiger partial charge in [-0.3, -0.25) is 9.59 Å². The molecule has 0 spiro atoms. The maximum absolute atomic E-state index is 12.2. The number of nitrogens with zero attached hydrogens (tertiary/aromatic N) is 1. The molecule has 1 fully saturated rings. The highest BCUT2D eigenvalue weighted by molar-refractivity contribution is 7.99. The number of carbonyl (C=O) groups excluding carboxylic acids is 1. The smallest absolute Gasteiger partial charge is 0.303 e. The number of ketones is 1. The van der Waals surface area contributed by atoms with E-state index in [2.05, 4.69) is 30.3 Å². The van der Waals surface area contributed by atoms with Crippen LogP contribution in [0.25, 0.3) is 23.1 Å². The molecule has 1 aromatic heterocycles. The Kier molecular flexibility index (Phi) is 8.72. The molecule has 40 heavy (non-hydrogen) atoms. The van der Waals surface area contributed by atoms with Crippen molar-refractivity contribution in [3.63, 3.8) is 0 Å². The Balaban J connectivity index is 1.36. The van der Waals surface area contributed by atoms with E-state index < -0.39 is 5.97 Å². The van der Waals surface area contributed by atoms with Gasteiger partial charge in [-0.25, -0.2) is 4.98 Å². The van der Waals surface area contributed by atoms with Gasteiger partial charge >= 0.3 is 5.97 Å². The third-order valence-electron chi connectivity index (χ3n) is 7.55. The van der Waals surface area contributed by atoms with E-state index in [0.29, 0.717) is 5.02 Å². The Morgan fingerprint density at radius 3 is 2.60 bits per heavy atom. The molecular formula is C34H32ClNO3S. The second-order valence-electron chi connectivity index (χ2n) is 10.7. The van der Waals surface area contributed by atoms with Gasteiger partial charge in [-0.2, -0.15) is 11.8 Å². The summed E-state index contributed by atoms with van der Waals surface area (Å²) in [6, 6.07) is 26.1. The Morgan fingerprint density at radius 2 is 1.82 bits per heavy atom. The number of hydrogen-bond donors (Lipinski definition) is 1. The van der Waals surface area contributed by atoms with Crippen molar-refractivity contribution in [3.05, 3.63) is 112 Å². The number of hydrogen-bond acceptors (Lipinski definition) is 4. The van der Waals surface area contributed by atoms with Crippen LogP contribution in [0.3, 0.4) is 0 Å². The average molecular weight is 570 g/mol. The molecule has 1 aliphatic rings. The first-order valence-corrected chi connectivity index (χ1v) is 15.0. The van der Waals surface area contributed by atoms with Gasteiger partial charge in [0.15, 0.2) is 5.78 Å². The molecule has 4 aromatic rings. The number of benzene rings is 3. The van der Waals surface area contributed by atoms with Gasteiger partial charge in [0, 0.05) is 27.0 Å². The minimum Gasteiger partial charge on any atom is -0.481 e. The van der Waals surface area contributed by atoms with Crippen molar-refractivity contribution in [2.75, 3.05) is 5.75 Å². The zero-order valence-corrected chi connectivity index (χ0v) is 24.0. The van der Waals surface area contributed by atoms with Crippen LogP contribution < -0.4 is 0 Å². The van der Waals surface area contributed by atoms with Gasteiger partial charge in [-0.15, -0.1) is 0 Å². The summed E-state index contributed by atoms with van der Waals surface area (Å²) in [5, 5.41) is 11.3. The first-order chi connectivity index (χ1) is 19.3. The molecule has 1 heterocycles. The Bertz CT molecular complexity index is 1580. The SMILES string of the molecule is CC(=O)c1ccccc1CCC(SCC1(CC(=O)O)CC1)c1cccc(C=Cc2ccc3ccc(Cl)cc3n2)c1. The van der Waals surface area contributed by atoms with E-state index in [-0.39, 0.29) is 22.9 Å². The van der Waals surface area contributed by atoms with E-state index in [4.69, 9.17) is 16.6 Å². The van der Waals surface area contributed by atoms with Crippen molar-refractivity contribution < 1.29 is 14.7 Å². The molecule has 204 valence electrons. The van der Waals surface area contributed by atoms with Crippen LogP contribution in [0.5, 0.6) is 0 Å². The first-order valence-electron chi connectivity index (χ1n) is 13.6. The number of carboxylic acids is 1. The largest absolute Gasteiger partial charge is 0.481 e. The predicted octanol–water partition coefficient (Wildman–Crippen LogP) is 8.92. The fourth-order valence-corrected chi connectivity index (χ4v) is 6.84. The number of pyridine rings is 1. The molecular weight excluding hydrogens is 538 g/mol. The molecule has 1 saturated carbocycles. The van der Waals surface area contributed by atoms with Crippen LogP contribution in [0, 0.1) is 5.41 Å². The van der Waals surface area contributed by atoms with E-state index in [1.165, 1.54) is 5.56 Å². The van der Waals surface area contributed by atoms with Gasteiger partial charge < -0.3 is 5.11 Å². The molecule has 0 amide bonds. The monoisotopic (exact) mass is 569 g/mol. The number of aliphatic carboxylic acids is 1. The predicted molar refractivity (Wildman–Crippen MR) is 166 cm³/mol. The maximum Gasteiger partial charge on any atom is 0.303 e. The van der Waals surface area contributed by atoms with Gasteiger partial charge in [-0.1, -0.05) is 78.3 Å². The van der Waals surface area contributed by atoms with E-state index in [1.807, 2.05) is 72.4 Å². The van der Waals surface area contributed by atoms with Crippen molar-refractivity contribution in [1.29, 1.82) is 0 Å². The summed E-state index contributed by atoms with van der Waals surface area (Å²) in [6.07, 6.45) is 7.89. The molecule has 1 aliphatic carbocycles. The molecule has 1 N–H and O–H groups in total. The highest BCUT2D eigenvalue weighted by Gasteiger charge is 2.44. The number of aromatic nitrogens is 1. The summed E-state index contributed by atoms with van der Waals surface area (Å²) in [7, 11) is 0. The Labute approximate surface area is 244 Å². The molecule has 0 radical (unpaired) electrons. The van der Waals surface area contributed by atoms with Gasteiger partial charge in [0.25, 0.3) is 0 Å². The molecule has 1 atom stereocenters. The number of rotatable bonds is 12. The van der Waals surface area contributed by atoms with Crippen LogP contribution in [-0.2, 0) is 11.2 Å². The van der Waals surface area contributed by atoms with E-state index in [1.54, 1.807) is 6.92 Å². The van der Waals surface area contributed by atoms with Crippen LogP contribution >= 0.6 is 23.4 Å². The van der Waals surface area contributed by atoms with Crippen molar-refractivity contribution in [3.8, 4) is 0 Å². The van der Waals surface area contributed by atoms with Gasteiger partial charge in [0.05, 0.1) is 17.6 Å². The lowest BCUT2D eigenvalue weighted by Gasteiger charge is -2.21. The van der Waals surface area contributed by atoms with Crippen molar-refractivity contribution in [2.45, 2.75) is 44.3 Å². The third-order valence-corrected chi connectivity index (χ3v) is 9.48. The number of aryl methyl sites for hydroxylation is 1. The molecule has 1 unspecified atom stereocenters. The molecule has 0 bridgehead atoms. The van der Waals surface area contributed by atoms with Crippen LogP contribution in [0.4, 0.5) is 0 Å².